The van der Waals surface area contributed by atoms with Crippen molar-refractivity contribution in [2.24, 2.45) is 0 Å². The van der Waals surface area contributed by atoms with Gasteiger partial charge in [0.25, 0.3) is 0 Å². The number of benzene rings is 1. The van der Waals surface area contributed by atoms with Crippen LogP contribution in [0.5, 0.6) is 0 Å². The van der Waals surface area contributed by atoms with Gasteiger partial charge in [0.1, 0.15) is 0 Å². The molecule has 1 amide bonds. The number of hydrogen-bond acceptors (Lipinski definition) is 2. The van der Waals surface area contributed by atoms with Crippen molar-refractivity contribution in [1.29, 1.82) is 0 Å². The van der Waals surface area contributed by atoms with Crippen molar-refractivity contribution in [3.05, 3.63) is 35.4 Å². The van der Waals surface area contributed by atoms with Crippen LogP contribution in [0, 0.1) is 0 Å². The van der Waals surface area contributed by atoms with Crippen LogP contribution >= 0.6 is 0 Å². The van der Waals surface area contributed by atoms with Crippen molar-refractivity contribution in [3.8, 4) is 0 Å². The van der Waals surface area contributed by atoms with Crippen LogP contribution in [0.1, 0.15) is 57.2 Å². The molecule has 3 heteroatoms. The first kappa shape index (κ1) is 16.0. The van der Waals surface area contributed by atoms with Gasteiger partial charge in [-0.2, -0.15) is 0 Å². The maximum Gasteiger partial charge on any atom is 0.239 e. The third-order valence-electron chi connectivity index (χ3n) is 4.43. The number of aryl methyl sites for hydroxylation is 1. The van der Waals surface area contributed by atoms with Gasteiger partial charge in [-0.25, -0.2) is 0 Å². The second kappa shape index (κ2) is 7.60. The van der Waals surface area contributed by atoms with Gasteiger partial charge in [0.15, 0.2) is 0 Å². The predicted octanol–water partition coefficient (Wildman–Crippen LogP) is 3.30. The number of piperidine rings is 1. The molecule has 0 aromatic heterocycles. The number of carbonyl (C=O) groups excluding carboxylic acids is 1. The fraction of sp³-hybridized carbons (Fsp3) is 0.611. The summed E-state index contributed by atoms with van der Waals surface area (Å²) in [5, 5.41) is 3.44. The minimum absolute atomic E-state index is 0.121. The number of hydrogen-bond donors (Lipinski definition) is 1. The highest BCUT2D eigenvalue weighted by Crippen LogP contribution is 2.16. The molecule has 3 nitrogen and oxygen atoms in total. The zero-order valence-corrected chi connectivity index (χ0v) is 13.6. The monoisotopic (exact) mass is 288 g/mol. The smallest absolute Gasteiger partial charge is 0.239 e. The number of likely N-dealkylation sites (tertiary alicyclic amines) is 1. The minimum atomic E-state index is -0.121. The SMILES string of the molecule is CCc1ccc(C(C)NC(C)C(=O)N2CCCCC2)cc1. The second-order valence-electron chi connectivity index (χ2n) is 6.09. The maximum absolute atomic E-state index is 12.4. The molecule has 2 unspecified atom stereocenters. The van der Waals surface area contributed by atoms with Crippen LogP contribution in [0.3, 0.4) is 0 Å². The molecular formula is C18H28N2O. The summed E-state index contributed by atoms with van der Waals surface area (Å²) in [5.41, 5.74) is 2.59. The van der Waals surface area contributed by atoms with Gasteiger partial charge in [-0.05, 0) is 50.7 Å². The Labute approximate surface area is 128 Å². The van der Waals surface area contributed by atoms with Crippen molar-refractivity contribution in [2.45, 2.75) is 58.5 Å². The van der Waals surface area contributed by atoms with Crippen LogP contribution < -0.4 is 5.32 Å². The van der Waals surface area contributed by atoms with Crippen molar-refractivity contribution < 1.29 is 4.79 Å². The Morgan fingerprint density at radius 3 is 2.33 bits per heavy atom. The van der Waals surface area contributed by atoms with E-state index in [0.29, 0.717) is 0 Å². The van der Waals surface area contributed by atoms with Gasteiger partial charge in [0.05, 0.1) is 6.04 Å². The molecule has 0 spiro atoms. The Kier molecular flexibility index (Phi) is 5.80. The molecule has 2 rings (SSSR count). The summed E-state index contributed by atoms with van der Waals surface area (Å²) in [7, 11) is 0. The molecule has 1 aromatic rings. The lowest BCUT2D eigenvalue weighted by Gasteiger charge is -2.30. The van der Waals surface area contributed by atoms with Gasteiger partial charge in [-0.1, -0.05) is 31.2 Å². The molecule has 1 aliphatic heterocycles. The van der Waals surface area contributed by atoms with Crippen LogP contribution in [-0.2, 0) is 11.2 Å². The fourth-order valence-electron chi connectivity index (χ4n) is 2.97. The normalized spacial score (nSPS) is 18.3. The molecule has 1 aromatic carbocycles. The first-order valence-corrected chi connectivity index (χ1v) is 8.25. The Morgan fingerprint density at radius 1 is 1.14 bits per heavy atom. The molecule has 1 heterocycles. The lowest BCUT2D eigenvalue weighted by Crippen LogP contribution is -2.47. The fourth-order valence-corrected chi connectivity index (χ4v) is 2.97. The molecule has 1 N–H and O–H groups in total. The Morgan fingerprint density at radius 2 is 1.76 bits per heavy atom. The third kappa shape index (κ3) is 4.31. The molecule has 1 aliphatic rings. The van der Waals surface area contributed by atoms with Crippen LogP contribution in [0.2, 0.25) is 0 Å². The Hall–Kier alpha value is -1.35. The molecule has 116 valence electrons. The van der Waals surface area contributed by atoms with E-state index in [-0.39, 0.29) is 18.0 Å². The molecule has 2 atom stereocenters. The van der Waals surface area contributed by atoms with Crippen molar-refractivity contribution >= 4 is 5.91 Å². The van der Waals surface area contributed by atoms with Crippen LogP contribution in [0.25, 0.3) is 0 Å². The number of carbonyl (C=O) groups is 1. The topological polar surface area (TPSA) is 32.3 Å². The van der Waals surface area contributed by atoms with Gasteiger partial charge >= 0.3 is 0 Å². The zero-order valence-electron chi connectivity index (χ0n) is 13.6. The molecular weight excluding hydrogens is 260 g/mol. The minimum Gasteiger partial charge on any atom is -0.341 e. The molecule has 1 fully saturated rings. The lowest BCUT2D eigenvalue weighted by molar-refractivity contribution is -0.134. The summed E-state index contributed by atoms with van der Waals surface area (Å²) in [5.74, 6) is 0.242. The molecule has 1 saturated heterocycles. The van der Waals surface area contributed by atoms with Crippen molar-refractivity contribution in [3.63, 3.8) is 0 Å². The van der Waals surface area contributed by atoms with Gasteiger partial charge < -0.3 is 4.90 Å². The van der Waals surface area contributed by atoms with E-state index in [2.05, 4.69) is 43.4 Å². The number of nitrogens with zero attached hydrogens (tertiary/aromatic N) is 1. The van der Waals surface area contributed by atoms with E-state index in [1.165, 1.54) is 17.5 Å². The third-order valence-corrected chi connectivity index (χ3v) is 4.43. The summed E-state index contributed by atoms with van der Waals surface area (Å²) in [6.45, 7) is 8.11. The van der Waals surface area contributed by atoms with E-state index in [1.54, 1.807) is 0 Å². The van der Waals surface area contributed by atoms with E-state index in [0.717, 1.165) is 32.4 Å². The van der Waals surface area contributed by atoms with Crippen LogP contribution in [0.15, 0.2) is 24.3 Å². The Balaban J connectivity index is 1.90. The number of amides is 1. The van der Waals surface area contributed by atoms with Gasteiger partial charge in [0, 0.05) is 19.1 Å². The van der Waals surface area contributed by atoms with Crippen molar-refractivity contribution in [1.82, 2.24) is 10.2 Å². The summed E-state index contributed by atoms with van der Waals surface area (Å²) < 4.78 is 0. The van der Waals surface area contributed by atoms with Gasteiger partial charge in [0.2, 0.25) is 5.91 Å². The van der Waals surface area contributed by atoms with E-state index in [4.69, 9.17) is 0 Å². The predicted molar refractivity (Wildman–Crippen MR) is 87.3 cm³/mol. The molecule has 0 bridgehead atoms. The maximum atomic E-state index is 12.4. The largest absolute Gasteiger partial charge is 0.341 e. The summed E-state index contributed by atoms with van der Waals surface area (Å²) >= 11 is 0. The van der Waals surface area contributed by atoms with Gasteiger partial charge in [-0.3, -0.25) is 10.1 Å². The van der Waals surface area contributed by atoms with Crippen LogP contribution in [-0.4, -0.2) is 29.9 Å². The van der Waals surface area contributed by atoms with E-state index < -0.39 is 0 Å². The highest BCUT2D eigenvalue weighted by atomic mass is 16.2. The van der Waals surface area contributed by atoms with E-state index >= 15 is 0 Å². The molecule has 21 heavy (non-hydrogen) atoms. The second-order valence-corrected chi connectivity index (χ2v) is 6.09. The quantitative estimate of drug-likeness (QED) is 0.901. The molecule has 0 radical (unpaired) electrons. The first-order valence-electron chi connectivity index (χ1n) is 8.25. The van der Waals surface area contributed by atoms with Crippen LogP contribution in [0.4, 0.5) is 0 Å². The van der Waals surface area contributed by atoms with E-state index in [1.807, 2.05) is 11.8 Å². The Bertz CT molecular complexity index is 449. The molecule has 0 saturated carbocycles. The van der Waals surface area contributed by atoms with Gasteiger partial charge in [-0.15, -0.1) is 0 Å². The average molecular weight is 288 g/mol. The lowest BCUT2D eigenvalue weighted by atomic mass is 10.0. The first-order chi connectivity index (χ1) is 10.1. The summed E-state index contributed by atoms with van der Waals surface area (Å²) in [6, 6.07) is 8.74. The highest BCUT2D eigenvalue weighted by Gasteiger charge is 2.23. The highest BCUT2D eigenvalue weighted by molar-refractivity contribution is 5.81. The standard InChI is InChI=1S/C18H28N2O/c1-4-16-8-10-17(11-9-16)14(2)19-15(3)18(21)20-12-6-5-7-13-20/h8-11,14-15,19H,4-7,12-13H2,1-3H3. The zero-order chi connectivity index (χ0) is 15.2. The number of nitrogens with one attached hydrogen (secondary N) is 1. The van der Waals surface area contributed by atoms with E-state index in [9.17, 15) is 4.79 Å². The average Bonchev–Trinajstić information content (AvgIpc) is 2.55. The summed E-state index contributed by atoms with van der Waals surface area (Å²) in [4.78, 5) is 14.4. The number of rotatable bonds is 5. The molecule has 0 aliphatic carbocycles. The summed E-state index contributed by atoms with van der Waals surface area (Å²) in [6.07, 6.45) is 4.61. The van der Waals surface area contributed by atoms with Crippen molar-refractivity contribution in [2.75, 3.05) is 13.1 Å².